The second kappa shape index (κ2) is 5.55. The van der Waals surface area contributed by atoms with Gasteiger partial charge in [-0.3, -0.25) is 0 Å². The maximum absolute atomic E-state index is 9.84. The van der Waals surface area contributed by atoms with E-state index in [0.29, 0.717) is 13.0 Å². The van der Waals surface area contributed by atoms with Crippen molar-refractivity contribution in [1.82, 2.24) is 4.98 Å². The van der Waals surface area contributed by atoms with Crippen LogP contribution in [0.2, 0.25) is 0 Å². The summed E-state index contributed by atoms with van der Waals surface area (Å²) in [5, 5.41) is 10.9. The number of aliphatic hydroxyl groups is 1. The Morgan fingerprint density at radius 2 is 2.11 bits per heavy atom. The fourth-order valence-electron chi connectivity index (χ4n) is 1.82. The topological polar surface area (TPSA) is 68.4 Å². The molecule has 1 heterocycles. The number of pyridine rings is 1. The van der Waals surface area contributed by atoms with Crippen molar-refractivity contribution in [3.63, 3.8) is 0 Å². The van der Waals surface area contributed by atoms with Gasteiger partial charge in [0.1, 0.15) is 11.3 Å². The number of nitrogens with two attached hydrogens (primary N) is 1. The Morgan fingerprint density at radius 1 is 1.32 bits per heavy atom. The Morgan fingerprint density at radius 3 is 2.84 bits per heavy atom. The fourth-order valence-corrected chi connectivity index (χ4v) is 1.82. The summed E-state index contributed by atoms with van der Waals surface area (Å²) in [6, 6.07) is 9.85. The molecule has 0 aliphatic carbocycles. The van der Waals surface area contributed by atoms with Gasteiger partial charge in [-0.25, -0.2) is 4.98 Å². The molecular weight excluding hydrogens is 240 g/mol. The van der Waals surface area contributed by atoms with Crippen LogP contribution >= 0.6 is 0 Å². The van der Waals surface area contributed by atoms with Crippen LogP contribution in [-0.4, -0.2) is 28.8 Å². The van der Waals surface area contributed by atoms with E-state index in [-0.39, 0.29) is 6.54 Å². The Labute approximate surface area is 113 Å². The average molecular weight is 260 g/mol. The molecule has 0 saturated heterocycles. The molecule has 1 aromatic carbocycles. The number of nitrogens with zero attached hydrogens (tertiary/aromatic N) is 1. The zero-order valence-electron chi connectivity index (χ0n) is 11.4. The van der Waals surface area contributed by atoms with Gasteiger partial charge in [-0.1, -0.05) is 18.2 Å². The van der Waals surface area contributed by atoms with Crippen molar-refractivity contribution >= 4 is 10.9 Å². The summed E-state index contributed by atoms with van der Waals surface area (Å²) >= 11 is 0. The lowest BCUT2D eigenvalue weighted by atomic mass is 10.0. The van der Waals surface area contributed by atoms with Gasteiger partial charge >= 0.3 is 0 Å². The predicted octanol–water partition coefficient (Wildman–Crippen LogP) is 2.02. The van der Waals surface area contributed by atoms with Crippen molar-refractivity contribution < 1.29 is 9.84 Å². The van der Waals surface area contributed by atoms with Crippen LogP contribution in [0.3, 0.4) is 0 Å². The van der Waals surface area contributed by atoms with E-state index in [2.05, 4.69) is 4.98 Å². The summed E-state index contributed by atoms with van der Waals surface area (Å²) in [6.07, 6.45) is 0.492. The summed E-state index contributed by atoms with van der Waals surface area (Å²) in [5.74, 6) is 0.744. The Bertz CT molecular complexity index is 567. The second-order valence-electron chi connectivity index (χ2n) is 5.08. The Kier molecular flexibility index (Phi) is 4.02. The first-order valence-corrected chi connectivity index (χ1v) is 6.43. The molecule has 3 N–H and O–H groups in total. The highest BCUT2D eigenvalue weighted by molar-refractivity contribution is 5.84. The molecule has 0 aliphatic heterocycles. The van der Waals surface area contributed by atoms with Crippen molar-refractivity contribution in [3.05, 3.63) is 36.0 Å². The number of rotatable bonds is 5. The smallest absolute Gasteiger partial charge is 0.145 e. The number of aromatic nitrogens is 1. The van der Waals surface area contributed by atoms with E-state index in [1.165, 1.54) is 0 Å². The van der Waals surface area contributed by atoms with Crippen LogP contribution in [-0.2, 0) is 0 Å². The van der Waals surface area contributed by atoms with Crippen molar-refractivity contribution in [3.8, 4) is 5.75 Å². The first-order valence-electron chi connectivity index (χ1n) is 6.43. The molecule has 19 heavy (non-hydrogen) atoms. The molecule has 2 aromatic rings. The molecule has 1 atom stereocenters. The van der Waals surface area contributed by atoms with E-state index in [1.807, 2.05) is 37.3 Å². The quantitative estimate of drug-likeness (QED) is 0.863. The van der Waals surface area contributed by atoms with Gasteiger partial charge in [0.2, 0.25) is 0 Å². The third-order valence-electron chi connectivity index (χ3n) is 3.16. The van der Waals surface area contributed by atoms with Crippen LogP contribution < -0.4 is 10.5 Å². The van der Waals surface area contributed by atoms with Crippen LogP contribution in [0.15, 0.2) is 30.3 Å². The normalized spacial score (nSPS) is 14.3. The van der Waals surface area contributed by atoms with Gasteiger partial charge in [-0.05, 0) is 26.0 Å². The highest BCUT2D eigenvalue weighted by Crippen LogP contribution is 2.24. The standard InChI is InChI=1S/C15H20N2O2/c1-11-6-7-12-4-3-5-13(14(12)17-11)19-9-8-15(2,18)10-16/h3-7,18H,8-10,16H2,1-2H3. The third-order valence-corrected chi connectivity index (χ3v) is 3.16. The molecule has 4 heteroatoms. The first-order chi connectivity index (χ1) is 9.02. The number of ether oxygens (including phenoxy) is 1. The molecule has 2 rings (SSSR count). The molecular formula is C15H20N2O2. The lowest BCUT2D eigenvalue weighted by Gasteiger charge is -2.21. The van der Waals surface area contributed by atoms with Crippen molar-refractivity contribution in [1.29, 1.82) is 0 Å². The van der Waals surface area contributed by atoms with Gasteiger partial charge < -0.3 is 15.6 Å². The zero-order chi connectivity index (χ0) is 13.9. The Balaban J connectivity index is 2.14. The molecule has 0 radical (unpaired) electrons. The maximum Gasteiger partial charge on any atom is 0.145 e. The van der Waals surface area contributed by atoms with Gasteiger partial charge in [-0.2, -0.15) is 0 Å². The molecule has 0 amide bonds. The van der Waals surface area contributed by atoms with E-state index >= 15 is 0 Å². The molecule has 0 spiro atoms. The molecule has 0 bridgehead atoms. The summed E-state index contributed by atoms with van der Waals surface area (Å²) in [5.41, 5.74) is 6.41. The Hall–Kier alpha value is -1.65. The van der Waals surface area contributed by atoms with Crippen LogP contribution in [0.5, 0.6) is 5.75 Å². The largest absolute Gasteiger partial charge is 0.491 e. The maximum atomic E-state index is 9.84. The summed E-state index contributed by atoms with van der Waals surface area (Å²) in [6.45, 7) is 4.31. The molecule has 1 aromatic heterocycles. The zero-order valence-corrected chi connectivity index (χ0v) is 11.4. The minimum atomic E-state index is -0.881. The molecule has 0 aliphatic rings. The van der Waals surface area contributed by atoms with Gasteiger partial charge in [0.05, 0.1) is 12.2 Å². The number of aryl methyl sites for hydroxylation is 1. The highest BCUT2D eigenvalue weighted by Gasteiger charge is 2.17. The predicted molar refractivity (Wildman–Crippen MR) is 76.3 cm³/mol. The molecule has 102 valence electrons. The second-order valence-corrected chi connectivity index (χ2v) is 5.08. The minimum Gasteiger partial charge on any atom is -0.491 e. The fraction of sp³-hybridized carbons (Fsp3) is 0.400. The summed E-state index contributed by atoms with van der Waals surface area (Å²) in [7, 11) is 0. The van der Waals surface area contributed by atoms with Gasteiger partial charge in [0.15, 0.2) is 0 Å². The van der Waals surface area contributed by atoms with E-state index in [0.717, 1.165) is 22.3 Å². The third kappa shape index (κ3) is 3.43. The van der Waals surface area contributed by atoms with Crippen molar-refractivity contribution in [2.75, 3.05) is 13.2 Å². The van der Waals surface area contributed by atoms with E-state index in [9.17, 15) is 5.11 Å². The van der Waals surface area contributed by atoms with Crippen molar-refractivity contribution in [2.24, 2.45) is 5.73 Å². The summed E-state index contributed by atoms with van der Waals surface area (Å²) < 4.78 is 5.73. The highest BCUT2D eigenvalue weighted by atomic mass is 16.5. The number of benzene rings is 1. The molecule has 0 saturated carbocycles. The lowest BCUT2D eigenvalue weighted by Crippen LogP contribution is -2.35. The molecule has 0 fully saturated rings. The average Bonchev–Trinajstić information content (AvgIpc) is 2.39. The molecule has 4 nitrogen and oxygen atoms in total. The number of hydrogen-bond donors (Lipinski definition) is 2. The summed E-state index contributed by atoms with van der Waals surface area (Å²) in [4.78, 5) is 4.50. The SMILES string of the molecule is Cc1ccc2cccc(OCCC(C)(O)CN)c2n1. The van der Waals surface area contributed by atoms with Gasteiger partial charge in [-0.15, -0.1) is 0 Å². The van der Waals surface area contributed by atoms with Crippen LogP contribution in [0.25, 0.3) is 10.9 Å². The van der Waals surface area contributed by atoms with Crippen LogP contribution in [0.1, 0.15) is 19.0 Å². The number of hydrogen-bond acceptors (Lipinski definition) is 4. The van der Waals surface area contributed by atoms with Crippen LogP contribution in [0.4, 0.5) is 0 Å². The lowest BCUT2D eigenvalue weighted by molar-refractivity contribution is 0.0455. The van der Waals surface area contributed by atoms with Crippen LogP contribution in [0, 0.1) is 6.92 Å². The van der Waals surface area contributed by atoms with E-state index < -0.39 is 5.60 Å². The number of para-hydroxylation sites is 1. The number of fused-ring (bicyclic) bond motifs is 1. The molecule has 1 unspecified atom stereocenters. The van der Waals surface area contributed by atoms with E-state index in [1.54, 1.807) is 6.92 Å². The van der Waals surface area contributed by atoms with Crippen molar-refractivity contribution in [2.45, 2.75) is 25.9 Å². The van der Waals surface area contributed by atoms with E-state index in [4.69, 9.17) is 10.5 Å². The van der Waals surface area contributed by atoms with Gasteiger partial charge in [0.25, 0.3) is 0 Å². The van der Waals surface area contributed by atoms with Gasteiger partial charge in [0, 0.05) is 24.0 Å². The first kappa shape index (κ1) is 13.8. The minimum absolute atomic E-state index is 0.225. The monoisotopic (exact) mass is 260 g/mol.